The van der Waals surface area contributed by atoms with Crippen molar-refractivity contribution in [3.63, 3.8) is 0 Å². The Balaban J connectivity index is 2.98. The van der Waals surface area contributed by atoms with Crippen LogP contribution in [0, 0.1) is 5.41 Å². The van der Waals surface area contributed by atoms with Gasteiger partial charge in [-0.3, -0.25) is 0 Å². The third-order valence-corrected chi connectivity index (χ3v) is 4.43. The van der Waals surface area contributed by atoms with Crippen LogP contribution in [-0.4, -0.2) is 6.54 Å². The number of rotatable bonds is 5. The van der Waals surface area contributed by atoms with E-state index < -0.39 is 0 Å². The van der Waals surface area contributed by atoms with Gasteiger partial charge in [-0.25, -0.2) is 0 Å². The number of hydrogen-bond donors (Lipinski definition) is 1. The van der Waals surface area contributed by atoms with Crippen molar-refractivity contribution in [2.75, 3.05) is 6.54 Å². The predicted octanol–water partition coefficient (Wildman–Crippen LogP) is 4.49. The van der Waals surface area contributed by atoms with Crippen LogP contribution in [0.25, 0.3) is 0 Å². The van der Waals surface area contributed by atoms with Gasteiger partial charge in [0.15, 0.2) is 0 Å². The van der Waals surface area contributed by atoms with Gasteiger partial charge in [0.2, 0.25) is 0 Å². The molecular weight excluding hydrogens is 226 g/mol. The monoisotopic (exact) mass is 245 g/mol. The highest BCUT2D eigenvalue weighted by molar-refractivity contribution is 7.10. The van der Waals surface area contributed by atoms with Gasteiger partial charge in [-0.1, -0.05) is 39.3 Å². The maximum atomic E-state index is 6.20. The van der Waals surface area contributed by atoms with Gasteiger partial charge in [-0.2, -0.15) is 0 Å². The molecule has 1 aromatic rings. The van der Waals surface area contributed by atoms with E-state index in [1.807, 2.05) is 6.07 Å². The zero-order chi connectivity index (χ0) is 11.5. The van der Waals surface area contributed by atoms with Gasteiger partial charge in [0, 0.05) is 10.9 Å². The molecule has 0 saturated carbocycles. The van der Waals surface area contributed by atoms with Crippen molar-refractivity contribution in [1.29, 1.82) is 0 Å². The lowest BCUT2D eigenvalue weighted by Crippen LogP contribution is -2.33. The fourth-order valence-electron chi connectivity index (χ4n) is 1.64. The molecule has 3 heteroatoms. The van der Waals surface area contributed by atoms with Crippen LogP contribution in [0.5, 0.6) is 0 Å². The van der Waals surface area contributed by atoms with E-state index in [-0.39, 0.29) is 5.41 Å². The summed E-state index contributed by atoms with van der Waals surface area (Å²) in [5.74, 6) is 0. The molecule has 1 atom stereocenters. The van der Waals surface area contributed by atoms with Gasteiger partial charge >= 0.3 is 0 Å². The van der Waals surface area contributed by atoms with Crippen LogP contribution in [0.3, 0.4) is 0 Å². The minimum Gasteiger partial charge on any atom is -0.309 e. The molecule has 1 heterocycles. The first kappa shape index (κ1) is 13.0. The van der Waals surface area contributed by atoms with Gasteiger partial charge in [0.1, 0.15) is 0 Å². The van der Waals surface area contributed by atoms with Gasteiger partial charge in [0.05, 0.1) is 5.02 Å². The first-order valence-electron chi connectivity index (χ1n) is 5.49. The molecule has 0 fully saturated rings. The highest BCUT2D eigenvalue weighted by Gasteiger charge is 2.30. The normalized spacial score (nSPS) is 14.2. The van der Waals surface area contributed by atoms with Gasteiger partial charge in [-0.05, 0) is 29.8 Å². The van der Waals surface area contributed by atoms with Crippen LogP contribution in [0.4, 0.5) is 0 Å². The SMILES string of the molecule is CCNC(c1sccc1Cl)C(C)(C)CC. The summed E-state index contributed by atoms with van der Waals surface area (Å²) < 4.78 is 0. The first-order valence-corrected chi connectivity index (χ1v) is 6.75. The molecule has 0 amide bonds. The second-order valence-corrected chi connectivity index (χ2v) is 5.82. The van der Waals surface area contributed by atoms with Crippen LogP contribution < -0.4 is 5.32 Å². The molecule has 0 aliphatic rings. The number of thiophene rings is 1. The molecule has 0 saturated heterocycles. The zero-order valence-corrected chi connectivity index (χ0v) is 11.5. The third-order valence-electron chi connectivity index (χ3n) is 3.01. The van der Waals surface area contributed by atoms with Crippen molar-refractivity contribution in [3.05, 3.63) is 21.3 Å². The Morgan fingerprint density at radius 1 is 1.47 bits per heavy atom. The van der Waals surface area contributed by atoms with E-state index in [2.05, 4.69) is 38.4 Å². The number of hydrogen-bond acceptors (Lipinski definition) is 2. The predicted molar refractivity (Wildman–Crippen MR) is 69.8 cm³/mol. The maximum absolute atomic E-state index is 6.20. The summed E-state index contributed by atoms with van der Waals surface area (Å²) in [7, 11) is 0. The largest absolute Gasteiger partial charge is 0.309 e. The van der Waals surface area contributed by atoms with Crippen molar-refractivity contribution in [3.8, 4) is 0 Å². The molecule has 1 rings (SSSR count). The minimum absolute atomic E-state index is 0.241. The molecule has 0 radical (unpaired) electrons. The summed E-state index contributed by atoms with van der Waals surface area (Å²) in [4.78, 5) is 1.27. The van der Waals surface area contributed by atoms with Crippen LogP contribution in [-0.2, 0) is 0 Å². The fraction of sp³-hybridized carbons (Fsp3) is 0.667. The number of nitrogens with one attached hydrogen (secondary N) is 1. The molecule has 0 aliphatic heterocycles. The molecule has 0 spiro atoms. The Hall–Kier alpha value is -0.0500. The Labute approximate surface area is 102 Å². The Morgan fingerprint density at radius 3 is 2.53 bits per heavy atom. The van der Waals surface area contributed by atoms with Crippen molar-refractivity contribution in [2.45, 2.75) is 40.2 Å². The summed E-state index contributed by atoms with van der Waals surface area (Å²) >= 11 is 7.95. The van der Waals surface area contributed by atoms with Gasteiger partial charge < -0.3 is 5.32 Å². The summed E-state index contributed by atoms with van der Waals surface area (Å²) in [6, 6.07) is 2.34. The lowest BCUT2D eigenvalue weighted by Gasteiger charge is -2.33. The van der Waals surface area contributed by atoms with Gasteiger partial charge in [-0.15, -0.1) is 11.3 Å². The number of halogens is 1. The van der Waals surface area contributed by atoms with Crippen LogP contribution in [0.15, 0.2) is 11.4 Å². The maximum Gasteiger partial charge on any atom is 0.0561 e. The lowest BCUT2D eigenvalue weighted by atomic mass is 9.81. The van der Waals surface area contributed by atoms with E-state index >= 15 is 0 Å². The van der Waals surface area contributed by atoms with Gasteiger partial charge in [0.25, 0.3) is 0 Å². The van der Waals surface area contributed by atoms with E-state index in [1.54, 1.807) is 11.3 Å². The molecule has 1 unspecified atom stereocenters. The van der Waals surface area contributed by atoms with Crippen LogP contribution >= 0.6 is 22.9 Å². The molecule has 1 aromatic heterocycles. The minimum atomic E-state index is 0.241. The summed E-state index contributed by atoms with van der Waals surface area (Å²) in [5.41, 5.74) is 0.241. The highest BCUT2D eigenvalue weighted by atomic mass is 35.5. The molecule has 0 aromatic carbocycles. The Morgan fingerprint density at radius 2 is 2.13 bits per heavy atom. The lowest BCUT2D eigenvalue weighted by molar-refractivity contribution is 0.241. The molecular formula is C12H20ClNS. The van der Waals surface area contributed by atoms with Crippen molar-refractivity contribution >= 4 is 22.9 Å². The van der Waals surface area contributed by atoms with E-state index in [9.17, 15) is 0 Å². The average molecular weight is 246 g/mol. The molecule has 15 heavy (non-hydrogen) atoms. The van der Waals surface area contributed by atoms with E-state index in [4.69, 9.17) is 11.6 Å². The Kier molecular flexibility index (Phi) is 4.63. The van der Waals surface area contributed by atoms with Crippen molar-refractivity contribution in [2.24, 2.45) is 5.41 Å². The topological polar surface area (TPSA) is 12.0 Å². The second kappa shape index (κ2) is 5.33. The summed E-state index contributed by atoms with van der Waals surface area (Å²) in [6.07, 6.45) is 1.14. The highest BCUT2D eigenvalue weighted by Crippen LogP contribution is 2.41. The molecule has 0 aliphatic carbocycles. The van der Waals surface area contributed by atoms with E-state index in [1.165, 1.54) is 4.88 Å². The third kappa shape index (κ3) is 2.96. The molecule has 1 nitrogen and oxygen atoms in total. The van der Waals surface area contributed by atoms with Crippen LogP contribution in [0.1, 0.15) is 45.0 Å². The molecule has 86 valence electrons. The van der Waals surface area contributed by atoms with E-state index in [0.29, 0.717) is 6.04 Å². The first-order chi connectivity index (χ1) is 7.03. The van der Waals surface area contributed by atoms with Crippen molar-refractivity contribution in [1.82, 2.24) is 5.32 Å². The Bertz CT molecular complexity index is 306. The smallest absolute Gasteiger partial charge is 0.0561 e. The van der Waals surface area contributed by atoms with E-state index in [0.717, 1.165) is 18.0 Å². The second-order valence-electron chi connectivity index (χ2n) is 4.47. The average Bonchev–Trinajstić information content (AvgIpc) is 2.60. The van der Waals surface area contributed by atoms with Crippen LogP contribution in [0.2, 0.25) is 5.02 Å². The summed E-state index contributed by atoms with van der Waals surface area (Å²) in [5, 5.41) is 6.50. The fourth-order valence-corrected chi connectivity index (χ4v) is 3.09. The standard InChI is InChI=1S/C12H20ClNS/c1-5-12(3,4)11(14-6-2)10-9(13)7-8-15-10/h7-8,11,14H,5-6H2,1-4H3. The van der Waals surface area contributed by atoms with Crippen molar-refractivity contribution < 1.29 is 0 Å². The zero-order valence-electron chi connectivity index (χ0n) is 9.93. The molecule has 1 N–H and O–H groups in total. The molecule has 0 bridgehead atoms. The quantitative estimate of drug-likeness (QED) is 0.806. The summed E-state index contributed by atoms with van der Waals surface area (Å²) in [6.45, 7) is 9.92.